The van der Waals surface area contributed by atoms with Crippen molar-refractivity contribution < 1.29 is 19.1 Å². The fourth-order valence-corrected chi connectivity index (χ4v) is 2.99. The predicted molar refractivity (Wildman–Crippen MR) is 115 cm³/mol. The van der Waals surface area contributed by atoms with Crippen molar-refractivity contribution in [1.29, 1.82) is 0 Å². The SMILES string of the molecule is CCOc1cc(/C=C/C(=O)N(C)Cc2ccc(C(=O)NC)cc2)cc(Cl)c1OC. The predicted octanol–water partition coefficient (Wildman–Crippen LogP) is 3.78. The van der Waals surface area contributed by atoms with Gasteiger partial charge in [-0.1, -0.05) is 23.7 Å². The Morgan fingerprint density at radius 3 is 2.48 bits per heavy atom. The molecule has 0 aliphatic heterocycles. The molecule has 0 radical (unpaired) electrons. The molecule has 0 atom stereocenters. The standard InChI is InChI=1S/C22H25ClN2O4/c1-5-29-19-13-16(12-18(23)21(19)28-4)8-11-20(26)25(3)14-15-6-9-17(10-7-15)22(27)24-2/h6-13H,5,14H2,1-4H3,(H,24,27)/b11-8+. The number of ether oxygens (including phenoxy) is 2. The third-order valence-corrected chi connectivity index (χ3v) is 4.47. The summed E-state index contributed by atoms with van der Waals surface area (Å²) in [4.78, 5) is 25.6. The Balaban J connectivity index is 2.07. The van der Waals surface area contributed by atoms with Crippen molar-refractivity contribution >= 4 is 29.5 Å². The van der Waals surface area contributed by atoms with Crippen LogP contribution in [0, 0.1) is 0 Å². The number of likely N-dealkylation sites (N-methyl/N-ethyl adjacent to an activating group) is 1. The number of nitrogens with zero attached hydrogens (tertiary/aromatic N) is 1. The number of amides is 2. The minimum atomic E-state index is -0.162. The highest BCUT2D eigenvalue weighted by molar-refractivity contribution is 6.32. The van der Waals surface area contributed by atoms with Crippen LogP contribution < -0.4 is 14.8 Å². The van der Waals surface area contributed by atoms with Gasteiger partial charge in [0.25, 0.3) is 5.91 Å². The monoisotopic (exact) mass is 416 g/mol. The Morgan fingerprint density at radius 1 is 1.21 bits per heavy atom. The highest BCUT2D eigenvalue weighted by Crippen LogP contribution is 2.36. The van der Waals surface area contributed by atoms with Gasteiger partial charge in [-0.15, -0.1) is 0 Å². The van der Waals surface area contributed by atoms with Crippen LogP contribution in [0.2, 0.25) is 5.02 Å². The van der Waals surface area contributed by atoms with Gasteiger partial charge in [0, 0.05) is 32.3 Å². The fraction of sp³-hybridized carbons (Fsp3) is 0.273. The zero-order valence-corrected chi connectivity index (χ0v) is 17.7. The van der Waals surface area contributed by atoms with Crippen molar-refractivity contribution in [3.05, 3.63) is 64.2 Å². The van der Waals surface area contributed by atoms with E-state index in [2.05, 4.69) is 5.32 Å². The summed E-state index contributed by atoms with van der Waals surface area (Å²) in [5.41, 5.74) is 2.23. The van der Waals surface area contributed by atoms with Gasteiger partial charge in [0.05, 0.1) is 18.7 Å². The van der Waals surface area contributed by atoms with Gasteiger partial charge in [0.2, 0.25) is 5.91 Å². The Hall–Kier alpha value is -2.99. The molecule has 2 aromatic carbocycles. The third kappa shape index (κ3) is 5.99. The van der Waals surface area contributed by atoms with E-state index >= 15 is 0 Å². The lowest BCUT2D eigenvalue weighted by molar-refractivity contribution is -0.125. The van der Waals surface area contributed by atoms with Crippen molar-refractivity contribution in [1.82, 2.24) is 10.2 Å². The summed E-state index contributed by atoms with van der Waals surface area (Å²) in [5, 5.41) is 2.99. The van der Waals surface area contributed by atoms with Crippen LogP contribution in [0.5, 0.6) is 11.5 Å². The zero-order valence-electron chi connectivity index (χ0n) is 17.0. The minimum absolute atomic E-state index is 0.145. The number of nitrogens with one attached hydrogen (secondary N) is 1. The first kappa shape index (κ1) is 22.3. The molecule has 0 bridgehead atoms. The summed E-state index contributed by atoms with van der Waals surface area (Å²) in [7, 11) is 4.83. The summed E-state index contributed by atoms with van der Waals surface area (Å²) in [6.45, 7) is 2.76. The molecule has 29 heavy (non-hydrogen) atoms. The number of carbonyl (C=O) groups is 2. The molecule has 0 aromatic heterocycles. The van der Waals surface area contributed by atoms with Gasteiger partial charge in [-0.25, -0.2) is 0 Å². The van der Waals surface area contributed by atoms with Crippen LogP contribution >= 0.6 is 11.6 Å². The molecule has 154 valence electrons. The van der Waals surface area contributed by atoms with Crippen molar-refractivity contribution in [2.45, 2.75) is 13.5 Å². The molecule has 1 N–H and O–H groups in total. The minimum Gasteiger partial charge on any atom is -0.491 e. The van der Waals surface area contributed by atoms with Gasteiger partial charge < -0.3 is 19.7 Å². The van der Waals surface area contributed by atoms with Crippen molar-refractivity contribution in [2.75, 3.05) is 27.8 Å². The van der Waals surface area contributed by atoms with Gasteiger partial charge in [-0.05, 0) is 48.4 Å². The number of carbonyl (C=O) groups excluding carboxylic acids is 2. The van der Waals surface area contributed by atoms with Gasteiger partial charge >= 0.3 is 0 Å². The maximum atomic E-state index is 12.4. The Labute approximate surface area is 176 Å². The topological polar surface area (TPSA) is 67.9 Å². The summed E-state index contributed by atoms with van der Waals surface area (Å²) < 4.78 is 10.8. The Morgan fingerprint density at radius 2 is 1.90 bits per heavy atom. The van der Waals surface area contributed by atoms with E-state index in [4.69, 9.17) is 21.1 Å². The maximum absolute atomic E-state index is 12.4. The van der Waals surface area contributed by atoms with E-state index < -0.39 is 0 Å². The summed E-state index contributed by atoms with van der Waals surface area (Å²) in [6, 6.07) is 10.6. The van der Waals surface area contributed by atoms with Crippen LogP contribution in [0.15, 0.2) is 42.5 Å². The lowest BCUT2D eigenvalue weighted by Gasteiger charge is -2.15. The van der Waals surface area contributed by atoms with Crippen molar-refractivity contribution in [3.63, 3.8) is 0 Å². The number of rotatable bonds is 8. The van der Waals surface area contributed by atoms with Gasteiger partial charge in [-0.3, -0.25) is 9.59 Å². The maximum Gasteiger partial charge on any atom is 0.251 e. The number of methoxy groups -OCH3 is 1. The molecule has 6 nitrogen and oxygen atoms in total. The first-order valence-corrected chi connectivity index (χ1v) is 9.51. The molecule has 7 heteroatoms. The molecular formula is C22H25ClN2O4. The molecule has 0 saturated heterocycles. The Kier molecular flexibility index (Phi) is 8.09. The molecule has 0 aliphatic rings. The normalized spacial score (nSPS) is 10.7. The largest absolute Gasteiger partial charge is 0.491 e. The highest BCUT2D eigenvalue weighted by Gasteiger charge is 2.11. The van der Waals surface area contributed by atoms with E-state index in [-0.39, 0.29) is 11.8 Å². The lowest BCUT2D eigenvalue weighted by Crippen LogP contribution is -2.24. The van der Waals surface area contributed by atoms with Gasteiger partial charge in [-0.2, -0.15) is 0 Å². The molecule has 0 saturated carbocycles. The van der Waals surface area contributed by atoms with Gasteiger partial charge in [0.1, 0.15) is 0 Å². The number of hydrogen-bond donors (Lipinski definition) is 1. The average molecular weight is 417 g/mol. The second kappa shape index (κ2) is 10.5. The van der Waals surface area contributed by atoms with Crippen LogP contribution in [0.25, 0.3) is 6.08 Å². The number of halogens is 1. The molecule has 0 heterocycles. The van der Waals surface area contributed by atoms with Crippen LogP contribution in [-0.4, -0.2) is 44.5 Å². The van der Waals surface area contributed by atoms with Crippen molar-refractivity contribution in [3.8, 4) is 11.5 Å². The smallest absolute Gasteiger partial charge is 0.251 e. The van der Waals surface area contributed by atoms with Crippen LogP contribution in [-0.2, 0) is 11.3 Å². The fourth-order valence-electron chi connectivity index (χ4n) is 2.70. The van der Waals surface area contributed by atoms with Crippen molar-refractivity contribution in [2.24, 2.45) is 0 Å². The second-order valence-electron chi connectivity index (χ2n) is 6.27. The Bertz CT molecular complexity index is 894. The first-order valence-electron chi connectivity index (χ1n) is 9.14. The highest BCUT2D eigenvalue weighted by atomic mass is 35.5. The molecule has 0 fully saturated rings. The average Bonchev–Trinajstić information content (AvgIpc) is 2.72. The molecule has 0 unspecified atom stereocenters. The molecule has 2 rings (SSSR count). The van der Waals surface area contributed by atoms with E-state index in [1.807, 2.05) is 19.1 Å². The molecular weight excluding hydrogens is 392 g/mol. The molecule has 2 amide bonds. The lowest BCUT2D eigenvalue weighted by atomic mass is 10.1. The van der Waals surface area contributed by atoms with Crippen LogP contribution in [0.3, 0.4) is 0 Å². The zero-order chi connectivity index (χ0) is 21.4. The van der Waals surface area contributed by atoms with E-state index in [0.29, 0.717) is 35.2 Å². The molecule has 2 aromatic rings. The summed E-state index contributed by atoms with van der Waals surface area (Å²) in [5.74, 6) is 0.687. The van der Waals surface area contributed by atoms with E-state index in [9.17, 15) is 9.59 Å². The van der Waals surface area contributed by atoms with E-state index in [1.165, 1.54) is 13.2 Å². The molecule has 0 spiro atoms. The van der Waals surface area contributed by atoms with E-state index in [0.717, 1.165) is 11.1 Å². The van der Waals surface area contributed by atoms with Crippen LogP contribution in [0.4, 0.5) is 0 Å². The molecule has 0 aliphatic carbocycles. The quantitative estimate of drug-likeness (QED) is 0.665. The summed E-state index contributed by atoms with van der Waals surface area (Å²) >= 11 is 6.24. The second-order valence-corrected chi connectivity index (χ2v) is 6.68. The van der Waals surface area contributed by atoms with Gasteiger partial charge in [0.15, 0.2) is 11.5 Å². The summed E-state index contributed by atoms with van der Waals surface area (Å²) in [6.07, 6.45) is 3.16. The number of benzene rings is 2. The van der Waals surface area contributed by atoms with Crippen LogP contribution in [0.1, 0.15) is 28.4 Å². The first-order chi connectivity index (χ1) is 13.9. The van der Waals surface area contributed by atoms with E-state index in [1.54, 1.807) is 49.3 Å². The third-order valence-electron chi connectivity index (χ3n) is 4.19. The number of hydrogen-bond acceptors (Lipinski definition) is 4.